The predicted octanol–water partition coefficient (Wildman–Crippen LogP) is 0.605. The van der Waals surface area contributed by atoms with Gasteiger partial charge in [0.05, 0.1) is 13.2 Å². The van der Waals surface area contributed by atoms with E-state index in [1.807, 2.05) is 17.9 Å². The smallest absolute Gasteiger partial charge is 0.0700 e. The van der Waals surface area contributed by atoms with E-state index in [0.29, 0.717) is 13.2 Å². The molecule has 1 aromatic heterocycles. The van der Waals surface area contributed by atoms with Crippen LogP contribution in [-0.2, 0) is 22.9 Å². The molecule has 5 nitrogen and oxygen atoms in total. The van der Waals surface area contributed by atoms with Crippen molar-refractivity contribution in [2.45, 2.75) is 12.8 Å². The lowest BCUT2D eigenvalue weighted by Gasteiger charge is -2.06. The molecule has 0 amide bonds. The number of aromatic nitrogens is 2. The molecule has 0 saturated carbocycles. The topological polar surface area (TPSA) is 48.3 Å². The van der Waals surface area contributed by atoms with Crippen molar-refractivity contribution in [2.75, 3.05) is 40.0 Å². The van der Waals surface area contributed by atoms with E-state index < -0.39 is 0 Å². The van der Waals surface area contributed by atoms with Gasteiger partial charge in [0.15, 0.2) is 0 Å². The van der Waals surface area contributed by atoms with Gasteiger partial charge in [0.1, 0.15) is 0 Å². The normalized spacial score (nSPS) is 10.9. The van der Waals surface area contributed by atoms with Crippen molar-refractivity contribution < 1.29 is 9.47 Å². The fourth-order valence-corrected chi connectivity index (χ4v) is 1.53. The minimum absolute atomic E-state index is 0.675. The molecule has 5 heteroatoms. The van der Waals surface area contributed by atoms with Crippen LogP contribution in [0.5, 0.6) is 0 Å². The van der Waals surface area contributed by atoms with Crippen molar-refractivity contribution in [2.24, 2.45) is 7.05 Å². The Bertz CT molecular complexity index is 289. The highest BCUT2D eigenvalue weighted by molar-refractivity contribution is 5.00. The summed E-state index contributed by atoms with van der Waals surface area (Å²) < 4.78 is 12.2. The molecule has 1 aromatic rings. The van der Waals surface area contributed by atoms with Gasteiger partial charge in [0, 0.05) is 45.6 Å². The number of ether oxygens (including phenoxy) is 2. The van der Waals surface area contributed by atoms with Crippen LogP contribution in [0, 0.1) is 0 Å². The summed E-state index contributed by atoms with van der Waals surface area (Å²) in [4.78, 5) is 0. The number of nitrogens with zero attached hydrogens (tertiary/aromatic N) is 2. The Hall–Kier alpha value is -0.910. The van der Waals surface area contributed by atoms with Crippen LogP contribution in [0.1, 0.15) is 12.1 Å². The van der Waals surface area contributed by atoms with Crippen molar-refractivity contribution in [1.29, 1.82) is 0 Å². The number of methoxy groups -OCH3 is 1. The van der Waals surface area contributed by atoms with Gasteiger partial charge in [0.2, 0.25) is 0 Å². The Morgan fingerprint density at radius 3 is 2.88 bits per heavy atom. The zero-order valence-electron chi connectivity index (χ0n) is 10.8. The van der Waals surface area contributed by atoms with Gasteiger partial charge in [-0.05, 0) is 19.0 Å². The Labute approximate surface area is 103 Å². The first-order valence-corrected chi connectivity index (χ1v) is 6.09. The number of hydrogen-bond donors (Lipinski definition) is 1. The van der Waals surface area contributed by atoms with E-state index in [1.165, 1.54) is 5.69 Å². The lowest BCUT2D eigenvalue weighted by atomic mass is 10.3. The van der Waals surface area contributed by atoms with Crippen molar-refractivity contribution in [3.05, 3.63) is 18.0 Å². The number of aryl methyl sites for hydroxylation is 1. The molecule has 0 aliphatic carbocycles. The SMILES string of the molecule is COCCOCCCNCCc1ccnn1C. The van der Waals surface area contributed by atoms with E-state index in [4.69, 9.17) is 9.47 Å². The molecule has 0 atom stereocenters. The largest absolute Gasteiger partial charge is 0.382 e. The lowest BCUT2D eigenvalue weighted by Crippen LogP contribution is -2.20. The minimum atomic E-state index is 0.675. The third kappa shape index (κ3) is 6.41. The van der Waals surface area contributed by atoms with Crippen LogP contribution in [0.4, 0.5) is 0 Å². The molecule has 1 N–H and O–H groups in total. The van der Waals surface area contributed by atoms with E-state index in [-0.39, 0.29) is 0 Å². The first-order chi connectivity index (χ1) is 8.34. The van der Waals surface area contributed by atoms with E-state index in [2.05, 4.69) is 16.5 Å². The standard InChI is InChI=1S/C12H23N3O2/c1-15-12(5-8-14-15)4-7-13-6-3-9-17-11-10-16-2/h5,8,13H,3-4,6-7,9-11H2,1-2H3. The summed E-state index contributed by atoms with van der Waals surface area (Å²) in [5, 5.41) is 7.52. The Morgan fingerprint density at radius 1 is 1.29 bits per heavy atom. The third-order valence-electron chi connectivity index (χ3n) is 2.55. The molecular weight excluding hydrogens is 218 g/mol. The molecule has 0 saturated heterocycles. The maximum atomic E-state index is 5.37. The average molecular weight is 241 g/mol. The zero-order chi connectivity index (χ0) is 12.3. The summed E-state index contributed by atoms with van der Waals surface area (Å²) in [6, 6.07) is 2.05. The van der Waals surface area contributed by atoms with Crippen molar-refractivity contribution in [3.63, 3.8) is 0 Å². The van der Waals surface area contributed by atoms with Gasteiger partial charge in [-0.2, -0.15) is 5.10 Å². The fourth-order valence-electron chi connectivity index (χ4n) is 1.53. The molecule has 0 radical (unpaired) electrons. The quantitative estimate of drug-likeness (QED) is 0.610. The summed E-state index contributed by atoms with van der Waals surface area (Å²) >= 11 is 0. The van der Waals surface area contributed by atoms with Crippen LogP contribution in [0.25, 0.3) is 0 Å². The monoisotopic (exact) mass is 241 g/mol. The molecule has 1 heterocycles. The van der Waals surface area contributed by atoms with Crippen LogP contribution in [-0.4, -0.2) is 49.8 Å². The van der Waals surface area contributed by atoms with E-state index in [1.54, 1.807) is 7.11 Å². The maximum Gasteiger partial charge on any atom is 0.0700 e. The van der Waals surface area contributed by atoms with Crippen LogP contribution in [0.15, 0.2) is 12.3 Å². The van der Waals surface area contributed by atoms with E-state index in [0.717, 1.165) is 32.5 Å². The highest BCUT2D eigenvalue weighted by atomic mass is 16.5. The first kappa shape index (κ1) is 14.2. The van der Waals surface area contributed by atoms with Gasteiger partial charge in [0.25, 0.3) is 0 Å². The second-order valence-corrected chi connectivity index (χ2v) is 3.90. The van der Waals surface area contributed by atoms with Crippen LogP contribution >= 0.6 is 0 Å². The summed E-state index contributed by atoms with van der Waals surface area (Å²) in [7, 11) is 3.66. The number of rotatable bonds is 10. The van der Waals surface area contributed by atoms with Gasteiger partial charge < -0.3 is 14.8 Å². The van der Waals surface area contributed by atoms with E-state index in [9.17, 15) is 0 Å². The van der Waals surface area contributed by atoms with Crippen LogP contribution < -0.4 is 5.32 Å². The lowest BCUT2D eigenvalue weighted by molar-refractivity contribution is 0.0695. The number of nitrogens with one attached hydrogen (secondary N) is 1. The summed E-state index contributed by atoms with van der Waals surface area (Å²) in [6.45, 7) is 4.13. The molecule has 0 bridgehead atoms. The van der Waals surface area contributed by atoms with Gasteiger partial charge in [-0.15, -0.1) is 0 Å². The molecule has 17 heavy (non-hydrogen) atoms. The fraction of sp³-hybridized carbons (Fsp3) is 0.750. The molecule has 0 aliphatic rings. The van der Waals surface area contributed by atoms with Gasteiger partial charge in [-0.3, -0.25) is 4.68 Å². The predicted molar refractivity (Wildman–Crippen MR) is 67.1 cm³/mol. The van der Waals surface area contributed by atoms with Crippen LogP contribution in [0.3, 0.4) is 0 Å². The Kier molecular flexibility index (Phi) is 7.62. The first-order valence-electron chi connectivity index (χ1n) is 6.09. The second-order valence-electron chi connectivity index (χ2n) is 3.90. The third-order valence-corrected chi connectivity index (χ3v) is 2.55. The average Bonchev–Trinajstić information content (AvgIpc) is 2.73. The van der Waals surface area contributed by atoms with Crippen molar-refractivity contribution in [3.8, 4) is 0 Å². The molecule has 1 rings (SSSR count). The zero-order valence-corrected chi connectivity index (χ0v) is 10.8. The summed E-state index contributed by atoms with van der Waals surface area (Å²) in [5.74, 6) is 0. The molecule has 0 fully saturated rings. The summed E-state index contributed by atoms with van der Waals surface area (Å²) in [6.07, 6.45) is 3.88. The van der Waals surface area contributed by atoms with Crippen LogP contribution in [0.2, 0.25) is 0 Å². The highest BCUT2D eigenvalue weighted by Gasteiger charge is 1.97. The Morgan fingerprint density at radius 2 is 2.18 bits per heavy atom. The molecule has 98 valence electrons. The minimum Gasteiger partial charge on any atom is -0.382 e. The molecule has 0 unspecified atom stereocenters. The molecular formula is C12H23N3O2. The van der Waals surface area contributed by atoms with E-state index >= 15 is 0 Å². The van der Waals surface area contributed by atoms with Crippen molar-refractivity contribution >= 4 is 0 Å². The summed E-state index contributed by atoms with van der Waals surface area (Å²) in [5.41, 5.74) is 1.26. The Balaban J connectivity index is 1.86. The van der Waals surface area contributed by atoms with Gasteiger partial charge in [-0.1, -0.05) is 0 Å². The molecule has 0 spiro atoms. The highest BCUT2D eigenvalue weighted by Crippen LogP contribution is 1.95. The number of hydrogen-bond acceptors (Lipinski definition) is 4. The van der Waals surface area contributed by atoms with Gasteiger partial charge in [-0.25, -0.2) is 0 Å². The molecule has 0 aromatic carbocycles. The van der Waals surface area contributed by atoms with Gasteiger partial charge >= 0.3 is 0 Å². The molecule has 0 aliphatic heterocycles. The van der Waals surface area contributed by atoms with Crippen molar-refractivity contribution in [1.82, 2.24) is 15.1 Å². The second kappa shape index (κ2) is 9.15. The maximum absolute atomic E-state index is 5.37.